The number of benzene rings is 1. The summed E-state index contributed by atoms with van der Waals surface area (Å²) in [4.78, 5) is 11.6. The van der Waals surface area contributed by atoms with E-state index in [1.54, 1.807) is 0 Å². The number of aliphatic hydroxyl groups is 1. The van der Waals surface area contributed by atoms with Crippen LogP contribution in [0.3, 0.4) is 0 Å². The first-order valence-corrected chi connectivity index (χ1v) is 5.07. The van der Waals surface area contributed by atoms with Crippen LogP contribution in [0.15, 0.2) is 18.2 Å². The number of ether oxygens (including phenoxy) is 1. The van der Waals surface area contributed by atoms with E-state index in [0.717, 1.165) is 0 Å². The number of halogens is 2. The van der Waals surface area contributed by atoms with Crippen molar-refractivity contribution in [2.24, 2.45) is 0 Å². The van der Waals surface area contributed by atoms with Crippen molar-refractivity contribution in [2.45, 2.75) is 12.5 Å². The lowest BCUT2D eigenvalue weighted by molar-refractivity contribution is -0.00271. The Bertz CT molecular complexity index is 426. The van der Waals surface area contributed by atoms with Crippen LogP contribution in [0.2, 0.25) is 0 Å². The first-order chi connectivity index (χ1) is 8.47. The largest absolute Gasteiger partial charge is 0.504 e. The number of phenolic OH excluding ortho intramolecular Hbond substituents is 1. The Hall–Kier alpha value is -1.89. The summed E-state index contributed by atoms with van der Waals surface area (Å²) < 4.78 is 28.8. The van der Waals surface area contributed by atoms with Gasteiger partial charge in [0.05, 0.1) is 12.7 Å². The highest BCUT2D eigenvalue weighted by Gasteiger charge is 2.19. The summed E-state index contributed by atoms with van der Waals surface area (Å²) in [6.45, 7) is -0.604. The van der Waals surface area contributed by atoms with E-state index in [4.69, 9.17) is 9.84 Å². The molecule has 0 aromatic heterocycles. The summed E-state index contributed by atoms with van der Waals surface area (Å²) in [6.07, 6.45) is -4.88. The zero-order valence-electron chi connectivity index (χ0n) is 9.56. The summed E-state index contributed by atoms with van der Waals surface area (Å²) in [5, 5.41) is 20.6. The maximum atomic E-state index is 12.0. The summed E-state index contributed by atoms with van der Waals surface area (Å²) in [5.41, 5.74) is -0.115. The second-order valence-corrected chi connectivity index (χ2v) is 3.47. The first kappa shape index (κ1) is 14.2. The number of hydrogen-bond acceptors (Lipinski definition) is 4. The van der Waals surface area contributed by atoms with Gasteiger partial charge in [-0.1, -0.05) is 6.07 Å². The number of hydrogen-bond donors (Lipinski definition) is 3. The second-order valence-electron chi connectivity index (χ2n) is 3.47. The Kier molecular flexibility index (Phi) is 4.85. The van der Waals surface area contributed by atoms with Crippen LogP contribution >= 0.6 is 0 Å². The van der Waals surface area contributed by atoms with Gasteiger partial charge in [0, 0.05) is 6.54 Å². The molecule has 0 aliphatic heterocycles. The van der Waals surface area contributed by atoms with Crippen LogP contribution < -0.4 is 10.1 Å². The highest BCUT2D eigenvalue weighted by atomic mass is 19.3. The molecule has 0 bridgehead atoms. The van der Waals surface area contributed by atoms with Gasteiger partial charge in [0.25, 0.3) is 12.3 Å². The van der Waals surface area contributed by atoms with E-state index in [2.05, 4.69) is 5.32 Å². The fourth-order valence-electron chi connectivity index (χ4n) is 1.25. The SMILES string of the molecule is COc1cccc(C(=O)NCC(O)C(F)F)c1O. The average Bonchev–Trinajstić information content (AvgIpc) is 2.35. The van der Waals surface area contributed by atoms with E-state index in [9.17, 15) is 18.7 Å². The Labute approximate surface area is 102 Å². The van der Waals surface area contributed by atoms with Crippen LogP contribution in [0, 0.1) is 0 Å². The summed E-state index contributed by atoms with van der Waals surface area (Å²) in [6, 6.07) is 4.22. The third kappa shape index (κ3) is 3.30. The van der Waals surface area contributed by atoms with Crippen molar-refractivity contribution in [3.05, 3.63) is 23.8 Å². The molecule has 5 nitrogen and oxygen atoms in total. The maximum Gasteiger partial charge on any atom is 0.265 e. The predicted molar refractivity (Wildman–Crippen MR) is 59.0 cm³/mol. The zero-order valence-corrected chi connectivity index (χ0v) is 9.56. The third-order valence-corrected chi connectivity index (χ3v) is 2.23. The lowest BCUT2D eigenvalue weighted by Crippen LogP contribution is -2.35. The molecule has 1 atom stereocenters. The molecule has 0 heterocycles. The molecule has 3 N–H and O–H groups in total. The van der Waals surface area contributed by atoms with E-state index >= 15 is 0 Å². The number of phenols is 1. The number of rotatable bonds is 5. The van der Waals surface area contributed by atoms with E-state index in [1.165, 1.54) is 25.3 Å². The van der Waals surface area contributed by atoms with Crippen LogP contribution in [0.5, 0.6) is 11.5 Å². The molecule has 1 unspecified atom stereocenters. The Morgan fingerprint density at radius 3 is 2.72 bits per heavy atom. The van der Waals surface area contributed by atoms with Crippen LogP contribution in [0.4, 0.5) is 8.78 Å². The van der Waals surface area contributed by atoms with Gasteiger partial charge in [0.1, 0.15) is 6.10 Å². The number of aliphatic hydroxyl groups excluding tert-OH is 1. The van der Waals surface area contributed by atoms with E-state index in [1.807, 2.05) is 0 Å². The molecule has 18 heavy (non-hydrogen) atoms. The molecule has 0 saturated heterocycles. The molecule has 100 valence electrons. The molecule has 7 heteroatoms. The van der Waals surface area contributed by atoms with Gasteiger partial charge in [0.2, 0.25) is 0 Å². The second kappa shape index (κ2) is 6.15. The van der Waals surface area contributed by atoms with Gasteiger partial charge < -0.3 is 20.3 Å². The molecule has 1 amide bonds. The minimum atomic E-state index is -2.94. The van der Waals surface area contributed by atoms with Gasteiger partial charge >= 0.3 is 0 Å². The Balaban J connectivity index is 2.73. The topological polar surface area (TPSA) is 78.8 Å². The average molecular weight is 261 g/mol. The van der Waals surface area contributed by atoms with Crippen LogP contribution in [-0.4, -0.2) is 42.3 Å². The van der Waals surface area contributed by atoms with Crippen molar-refractivity contribution in [3.8, 4) is 11.5 Å². The molecule has 0 fully saturated rings. The zero-order chi connectivity index (χ0) is 13.7. The van der Waals surface area contributed by atoms with Gasteiger partial charge in [0.15, 0.2) is 11.5 Å². The standard InChI is InChI=1S/C11H13F2NO4/c1-18-8-4-2-3-6(9(8)16)11(17)14-5-7(15)10(12)13/h2-4,7,10,15-16H,5H2,1H3,(H,14,17). The van der Waals surface area contributed by atoms with Crippen LogP contribution in [-0.2, 0) is 0 Å². The summed E-state index contributed by atoms with van der Waals surface area (Å²) in [7, 11) is 1.32. The highest BCUT2D eigenvalue weighted by molar-refractivity contribution is 5.97. The lowest BCUT2D eigenvalue weighted by Gasteiger charge is -2.12. The third-order valence-electron chi connectivity index (χ3n) is 2.23. The van der Waals surface area contributed by atoms with Crippen LogP contribution in [0.25, 0.3) is 0 Å². The van der Waals surface area contributed by atoms with Crippen molar-refractivity contribution in [1.82, 2.24) is 5.32 Å². The minimum absolute atomic E-state index is 0.0945. The molecule has 0 spiro atoms. The molecule has 0 aliphatic carbocycles. The quantitative estimate of drug-likeness (QED) is 0.731. The van der Waals surface area contributed by atoms with Crippen molar-refractivity contribution in [3.63, 3.8) is 0 Å². The van der Waals surface area contributed by atoms with Crippen molar-refractivity contribution >= 4 is 5.91 Å². The molecule has 1 aromatic rings. The molecule has 0 aliphatic rings. The lowest BCUT2D eigenvalue weighted by atomic mass is 10.1. The number of alkyl halides is 2. The summed E-state index contributed by atoms with van der Waals surface area (Å²) in [5.74, 6) is -1.06. The number of carbonyl (C=O) groups is 1. The molecule has 0 radical (unpaired) electrons. The van der Waals surface area contributed by atoms with Crippen molar-refractivity contribution in [2.75, 3.05) is 13.7 Å². The van der Waals surface area contributed by atoms with Gasteiger partial charge in [-0.15, -0.1) is 0 Å². The number of aromatic hydroxyl groups is 1. The smallest absolute Gasteiger partial charge is 0.265 e. The monoisotopic (exact) mass is 261 g/mol. The molecular formula is C11H13F2NO4. The van der Waals surface area contributed by atoms with Gasteiger partial charge in [-0.2, -0.15) is 0 Å². The fraction of sp³-hybridized carbons (Fsp3) is 0.364. The number of carbonyl (C=O) groups excluding carboxylic acids is 1. The van der Waals surface area contributed by atoms with Crippen molar-refractivity contribution in [1.29, 1.82) is 0 Å². The molecule has 1 rings (SSSR count). The highest BCUT2D eigenvalue weighted by Crippen LogP contribution is 2.29. The van der Waals surface area contributed by atoms with E-state index in [0.29, 0.717) is 0 Å². The summed E-state index contributed by atoms with van der Waals surface area (Å²) >= 11 is 0. The van der Waals surface area contributed by atoms with Crippen molar-refractivity contribution < 1.29 is 28.5 Å². The van der Waals surface area contributed by atoms with Crippen LogP contribution in [0.1, 0.15) is 10.4 Å². The molecule has 1 aromatic carbocycles. The Morgan fingerprint density at radius 2 is 2.17 bits per heavy atom. The number of nitrogens with one attached hydrogen (secondary N) is 1. The van der Waals surface area contributed by atoms with E-state index in [-0.39, 0.29) is 17.1 Å². The normalized spacial score (nSPS) is 12.3. The molecular weight excluding hydrogens is 248 g/mol. The first-order valence-electron chi connectivity index (χ1n) is 5.07. The van der Waals surface area contributed by atoms with Gasteiger partial charge in [-0.3, -0.25) is 4.79 Å². The van der Waals surface area contributed by atoms with Gasteiger partial charge in [-0.05, 0) is 12.1 Å². The molecule has 0 saturated carbocycles. The fourth-order valence-corrected chi connectivity index (χ4v) is 1.25. The maximum absolute atomic E-state index is 12.0. The van der Waals surface area contributed by atoms with Gasteiger partial charge in [-0.25, -0.2) is 8.78 Å². The number of para-hydroxylation sites is 1. The Morgan fingerprint density at radius 1 is 1.50 bits per heavy atom. The van der Waals surface area contributed by atoms with E-state index < -0.39 is 25.0 Å². The predicted octanol–water partition coefficient (Wildman–Crippen LogP) is 0.757. The number of methoxy groups -OCH3 is 1. The number of amides is 1. The minimum Gasteiger partial charge on any atom is -0.504 e.